The SMILES string of the molecule is CCNC(=O)CN1C(=O)NC(=O)C(C(C)C)C1=O. The lowest BCUT2D eigenvalue weighted by Crippen LogP contribution is -2.60. The number of imide groups is 2. The molecule has 7 nitrogen and oxygen atoms in total. The van der Waals surface area contributed by atoms with Crippen molar-refractivity contribution in [1.29, 1.82) is 0 Å². The number of barbiturate groups is 1. The van der Waals surface area contributed by atoms with E-state index < -0.39 is 29.7 Å². The Hall–Kier alpha value is -1.92. The van der Waals surface area contributed by atoms with E-state index in [9.17, 15) is 19.2 Å². The lowest BCUT2D eigenvalue weighted by atomic mass is 9.92. The number of nitrogens with zero attached hydrogens (tertiary/aromatic N) is 1. The summed E-state index contributed by atoms with van der Waals surface area (Å²) in [5.41, 5.74) is 0. The molecule has 5 amide bonds. The Morgan fingerprint density at radius 2 is 2.00 bits per heavy atom. The molecule has 1 saturated heterocycles. The highest BCUT2D eigenvalue weighted by Gasteiger charge is 2.42. The monoisotopic (exact) mass is 255 g/mol. The van der Waals surface area contributed by atoms with Gasteiger partial charge in [-0.15, -0.1) is 0 Å². The molecule has 2 N–H and O–H groups in total. The molecule has 0 saturated carbocycles. The Kier molecular flexibility index (Phi) is 4.41. The first kappa shape index (κ1) is 14.1. The highest BCUT2D eigenvalue weighted by Crippen LogP contribution is 2.18. The molecule has 1 unspecified atom stereocenters. The van der Waals surface area contributed by atoms with Gasteiger partial charge in [0.05, 0.1) is 0 Å². The topological polar surface area (TPSA) is 95.6 Å². The molecule has 0 aromatic heterocycles. The van der Waals surface area contributed by atoms with Crippen molar-refractivity contribution in [2.45, 2.75) is 20.8 Å². The normalized spacial score (nSPS) is 20.1. The number of carbonyl (C=O) groups is 4. The molecule has 1 fully saturated rings. The largest absolute Gasteiger partial charge is 0.355 e. The van der Waals surface area contributed by atoms with Crippen molar-refractivity contribution in [3.8, 4) is 0 Å². The second kappa shape index (κ2) is 5.61. The van der Waals surface area contributed by atoms with E-state index in [1.165, 1.54) is 0 Å². The molecule has 0 aromatic rings. The predicted octanol–water partition coefficient (Wildman–Crippen LogP) is -0.527. The molecule has 100 valence electrons. The van der Waals surface area contributed by atoms with Crippen LogP contribution in [0.1, 0.15) is 20.8 Å². The second-order valence-electron chi connectivity index (χ2n) is 4.39. The van der Waals surface area contributed by atoms with Crippen LogP contribution in [0.25, 0.3) is 0 Å². The van der Waals surface area contributed by atoms with E-state index in [0.717, 1.165) is 4.90 Å². The Morgan fingerprint density at radius 3 is 2.50 bits per heavy atom. The number of urea groups is 1. The van der Waals surface area contributed by atoms with Crippen molar-refractivity contribution >= 4 is 23.8 Å². The minimum absolute atomic E-state index is 0.234. The molecular formula is C11H17N3O4. The Morgan fingerprint density at radius 1 is 1.39 bits per heavy atom. The third-order valence-electron chi connectivity index (χ3n) is 2.63. The quantitative estimate of drug-likeness (QED) is 0.660. The first-order chi connectivity index (χ1) is 8.38. The molecule has 7 heteroatoms. The van der Waals surface area contributed by atoms with Crippen molar-refractivity contribution in [2.24, 2.45) is 11.8 Å². The first-order valence-electron chi connectivity index (χ1n) is 5.81. The Bertz CT molecular complexity index is 392. The van der Waals surface area contributed by atoms with E-state index in [-0.39, 0.29) is 12.5 Å². The minimum atomic E-state index is -0.919. The van der Waals surface area contributed by atoms with Crippen LogP contribution in [-0.2, 0) is 14.4 Å². The van der Waals surface area contributed by atoms with Gasteiger partial charge in [0.1, 0.15) is 12.5 Å². The summed E-state index contributed by atoms with van der Waals surface area (Å²) in [5, 5.41) is 4.58. The van der Waals surface area contributed by atoms with Crippen molar-refractivity contribution in [3.05, 3.63) is 0 Å². The fourth-order valence-electron chi connectivity index (χ4n) is 1.77. The van der Waals surface area contributed by atoms with Gasteiger partial charge in [-0.05, 0) is 12.8 Å². The number of carbonyl (C=O) groups excluding carboxylic acids is 4. The molecule has 1 atom stereocenters. The van der Waals surface area contributed by atoms with Crippen molar-refractivity contribution in [2.75, 3.05) is 13.1 Å². The lowest BCUT2D eigenvalue weighted by Gasteiger charge is -2.31. The zero-order chi connectivity index (χ0) is 13.9. The molecule has 1 aliphatic rings. The molecule has 0 aromatic carbocycles. The van der Waals surface area contributed by atoms with Crippen LogP contribution in [0.4, 0.5) is 4.79 Å². The zero-order valence-electron chi connectivity index (χ0n) is 10.6. The summed E-state index contributed by atoms with van der Waals surface area (Å²) >= 11 is 0. The van der Waals surface area contributed by atoms with E-state index in [4.69, 9.17) is 0 Å². The number of likely N-dealkylation sites (N-methyl/N-ethyl adjacent to an activating group) is 1. The molecule has 0 aliphatic carbocycles. The Balaban J connectivity index is 2.84. The van der Waals surface area contributed by atoms with E-state index in [1.54, 1.807) is 20.8 Å². The summed E-state index contributed by atoms with van der Waals surface area (Å²) in [5.74, 6) is -2.81. The maximum absolute atomic E-state index is 12.0. The average molecular weight is 255 g/mol. The summed E-state index contributed by atoms with van der Waals surface area (Å²) in [6.07, 6.45) is 0. The van der Waals surface area contributed by atoms with Crippen molar-refractivity contribution in [3.63, 3.8) is 0 Å². The number of amides is 5. The van der Waals surface area contributed by atoms with Crippen LogP contribution in [0.2, 0.25) is 0 Å². The van der Waals surface area contributed by atoms with Crippen LogP contribution in [0, 0.1) is 11.8 Å². The third-order valence-corrected chi connectivity index (χ3v) is 2.63. The minimum Gasteiger partial charge on any atom is -0.355 e. The van der Waals surface area contributed by atoms with Gasteiger partial charge < -0.3 is 5.32 Å². The predicted molar refractivity (Wildman–Crippen MR) is 62.3 cm³/mol. The smallest absolute Gasteiger partial charge is 0.331 e. The number of hydrogen-bond acceptors (Lipinski definition) is 4. The van der Waals surface area contributed by atoms with Gasteiger partial charge >= 0.3 is 6.03 Å². The van der Waals surface area contributed by atoms with Crippen LogP contribution in [0.15, 0.2) is 0 Å². The van der Waals surface area contributed by atoms with E-state index >= 15 is 0 Å². The standard InChI is InChI=1S/C11H17N3O4/c1-4-12-7(15)5-14-10(17)8(6(2)3)9(16)13-11(14)18/h6,8H,4-5H2,1-3H3,(H,12,15)(H,13,16,18). The number of nitrogens with one attached hydrogen (secondary N) is 2. The number of rotatable bonds is 4. The van der Waals surface area contributed by atoms with Gasteiger partial charge in [-0.3, -0.25) is 24.6 Å². The van der Waals surface area contributed by atoms with E-state index in [1.807, 2.05) is 0 Å². The van der Waals surface area contributed by atoms with Crippen molar-refractivity contribution < 1.29 is 19.2 Å². The van der Waals surface area contributed by atoms with Crippen LogP contribution in [0.3, 0.4) is 0 Å². The summed E-state index contributed by atoms with van der Waals surface area (Å²) in [7, 11) is 0. The van der Waals surface area contributed by atoms with Crippen LogP contribution in [0.5, 0.6) is 0 Å². The third kappa shape index (κ3) is 2.85. The molecular weight excluding hydrogens is 238 g/mol. The second-order valence-corrected chi connectivity index (χ2v) is 4.39. The fraction of sp³-hybridized carbons (Fsp3) is 0.636. The average Bonchev–Trinajstić information content (AvgIpc) is 2.23. The molecule has 0 bridgehead atoms. The molecule has 1 rings (SSSR count). The van der Waals surface area contributed by atoms with Gasteiger partial charge in [0, 0.05) is 6.54 Å². The molecule has 1 aliphatic heterocycles. The van der Waals surface area contributed by atoms with Gasteiger partial charge in [0.25, 0.3) is 0 Å². The Labute approximate surface area is 105 Å². The summed E-state index contributed by atoms with van der Waals surface area (Å²) < 4.78 is 0. The zero-order valence-corrected chi connectivity index (χ0v) is 10.6. The van der Waals surface area contributed by atoms with Gasteiger partial charge in [0.15, 0.2) is 0 Å². The molecule has 0 spiro atoms. The van der Waals surface area contributed by atoms with Gasteiger partial charge in [0.2, 0.25) is 17.7 Å². The van der Waals surface area contributed by atoms with E-state index in [2.05, 4.69) is 10.6 Å². The highest BCUT2D eigenvalue weighted by molar-refractivity contribution is 6.17. The van der Waals surface area contributed by atoms with Gasteiger partial charge in [-0.2, -0.15) is 0 Å². The van der Waals surface area contributed by atoms with Gasteiger partial charge in [-0.25, -0.2) is 4.79 Å². The molecule has 18 heavy (non-hydrogen) atoms. The van der Waals surface area contributed by atoms with Crippen LogP contribution >= 0.6 is 0 Å². The van der Waals surface area contributed by atoms with Gasteiger partial charge in [-0.1, -0.05) is 13.8 Å². The van der Waals surface area contributed by atoms with Crippen LogP contribution < -0.4 is 10.6 Å². The summed E-state index contributed by atoms with van der Waals surface area (Å²) in [4.78, 5) is 47.2. The highest BCUT2D eigenvalue weighted by atomic mass is 16.2. The van der Waals surface area contributed by atoms with Crippen molar-refractivity contribution in [1.82, 2.24) is 15.5 Å². The van der Waals surface area contributed by atoms with Crippen LogP contribution in [-0.4, -0.2) is 41.7 Å². The lowest BCUT2D eigenvalue weighted by molar-refractivity contribution is -0.146. The maximum atomic E-state index is 12.0. The summed E-state index contributed by atoms with van der Waals surface area (Å²) in [6.45, 7) is 5.20. The molecule has 0 radical (unpaired) electrons. The molecule has 1 heterocycles. The van der Waals surface area contributed by atoms with E-state index in [0.29, 0.717) is 6.54 Å². The first-order valence-corrected chi connectivity index (χ1v) is 5.81. The maximum Gasteiger partial charge on any atom is 0.331 e. The number of hydrogen-bond donors (Lipinski definition) is 2. The summed E-state index contributed by atoms with van der Waals surface area (Å²) in [6, 6.07) is -0.840. The fourth-order valence-corrected chi connectivity index (χ4v) is 1.77.